The number of benzene rings is 2. The van der Waals surface area contributed by atoms with Crippen molar-refractivity contribution >= 4 is 5.69 Å². The number of para-hydroxylation sites is 1. The smallest absolute Gasteiger partial charge is 0.416 e. The summed E-state index contributed by atoms with van der Waals surface area (Å²) in [6.07, 6.45) is -0.645. The van der Waals surface area contributed by atoms with E-state index in [2.05, 4.69) is 11.9 Å². The van der Waals surface area contributed by atoms with Crippen molar-refractivity contribution in [2.75, 3.05) is 11.9 Å². The maximum Gasteiger partial charge on any atom is 0.416 e. The molecule has 1 aliphatic carbocycles. The average molecular weight is 403 g/mol. The normalized spacial score (nSPS) is 22.1. The van der Waals surface area contributed by atoms with Gasteiger partial charge in [-0.3, -0.25) is 0 Å². The SMILES string of the molecule is C=C(C[C@H]1CC[C@@H](Nc2ccccc2)C(c2ccc(C(F)(F)F)cc2)C1)OCC. The predicted molar refractivity (Wildman–Crippen MR) is 111 cm³/mol. The highest BCUT2D eigenvalue weighted by molar-refractivity contribution is 5.45. The quantitative estimate of drug-likeness (QED) is 0.502. The third-order valence-corrected chi connectivity index (χ3v) is 5.62. The first-order valence-corrected chi connectivity index (χ1v) is 10.2. The Bertz CT molecular complexity index is 786. The van der Waals surface area contributed by atoms with Crippen LogP contribution in [-0.4, -0.2) is 12.6 Å². The van der Waals surface area contributed by atoms with E-state index < -0.39 is 11.7 Å². The van der Waals surface area contributed by atoms with Gasteiger partial charge in [0, 0.05) is 24.1 Å². The lowest BCUT2D eigenvalue weighted by atomic mass is 9.73. The van der Waals surface area contributed by atoms with Gasteiger partial charge >= 0.3 is 6.18 Å². The van der Waals surface area contributed by atoms with Crippen molar-refractivity contribution in [1.29, 1.82) is 0 Å². The lowest BCUT2D eigenvalue weighted by Gasteiger charge is -2.38. The molecule has 1 aliphatic rings. The fourth-order valence-electron chi connectivity index (χ4n) is 4.24. The molecule has 156 valence electrons. The zero-order valence-electron chi connectivity index (χ0n) is 16.7. The van der Waals surface area contributed by atoms with Gasteiger partial charge in [0.15, 0.2) is 0 Å². The summed E-state index contributed by atoms with van der Waals surface area (Å²) in [7, 11) is 0. The maximum atomic E-state index is 13.0. The summed E-state index contributed by atoms with van der Waals surface area (Å²) in [5.74, 6) is 1.33. The molecule has 0 spiro atoms. The zero-order valence-corrected chi connectivity index (χ0v) is 16.7. The van der Waals surface area contributed by atoms with Gasteiger partial charge in [0.2, 0.25) is 0 Å². The fraction of sp³-hybridized carbons (Fsp3) is 0.417. The summed E-state index contributed by atoms with van der Waals surface area (Å²) in [5, 5.41) is 3.60. The largest absolute Gasteiger partial charge is 0.499 e. The van der Waals surface area contributed by atoms with Crippen molar-refractivity contribution in [3.05, 3.63) is 78.1 Å². The monoisotopic (exact) mass is 403 g/mol. The number of hydrogen-bond acceptors (Lipinski definition) is 2. The highest BCUT2D eigenvalue weighted by Crippen LogP contribution is 2.41. The molecule has 0 aromatic heterocycles. The molecule has 1 N–H and O–H groups in total. The van der Waals surface area contributed by atoms with E-state index >= 15 is 0 Å². The number of nitrogens with one attached hydrogen (secondary N) is 1. The van der Waals surface area contributed by atoms with Crippen molar-refractivity contribution in [3.8, 4) is 0 Å². The second kappa shape index (κ2) is 9.38. The molecule has 0 heterocycles. The van der Waals surface area contributed by atoms with E-state index in [9.17, 15) is 13.2 Å². The molecule has 2 aromatic rings. The molecule has 1 unspecified atom stereocenters. The Morgan fingerprint density at radius 3 is 2.38 bits per heavy atom. The Balaban J connectivity index is 1.79. The summed E-state index contributed by atoms with van der Waals surface area (Å²) in [6.45, 7) is 6.54. The Morgan fingerprint density at radius 1 is 1.07 bits per heavy atom. The van der Waals surface area contributed by atoms with Gasteiger partial charge in [-0.1, -0.05) is 36.9 Å². The fourth-order valence-corrected chi connectivity index (χ4v) is 4.24. The Hall–Kier alpha value is -2.43. The number of anilines is 1. The van der Waals surface area contributed by atoms with E-state index in [-0.39, 0.29) is 12.0 Å². The molecule has 0 aliphatic heterocycles. The second-order valence-corrected chi connectivity index (χ2v) is 7.70. The van der Waals surface area contributed by atoms with Gasteiger partial charge in [-0.2, -0.15) is 13.2 Å². The highest BCUT2D eigenvalue weighted by atomic mass is 19.4. The number of hydrogen-bond donors (Lipinski definition) is 1. The minimum absolute atomic E-state index is 0.130. The van der Waals surface area contributed by atoms with Gasteiger partial charge in [-0.15, -0.1) is 0 Å². The van der Waals surface area contributed by atoms with Gasteiger partial charge in [-0.25, -0.2) is 0 Å². The molecule has 1 saturated carbocycles. The molecular weight excluding hydrogens is 375 g/mol. The van der Waals surface area contributed by atoms with Gasteiger partial charge < -0.3 is 10.1 Å². The molecule has 2 nitrogen and oxygen atoms in total. The zero-order chi connectivity index (χ0) is 20.9. The first-order valence-electron chi connectivity index (χ1n) is 10.2. The number of ether oxygens (including phenoxy) is 1. The summed E-state index contributed by atoms with van der Waals surface area (Å²) in [5.41, 5.74) is 1.37. The molecule has 0 saturated heterocycles. The molecular formula is C24H28F3NO. The lowest BCUT2D eigenvalue weighted by Crippen LogP contribution is -2.34. The van der Waals surface area contributed by atoms with Crippen LogP contribution in [0.4, 0.5) is 18.9 Å². The molecule has 2 aromatic carbocycles. The van der Waals surface area contributed by atoms with E-state index in [1.807, 2.05) is 37.3 Å². The molecule has 0 radical (unpaired) electrons. The molecule has 1 fully saturated rings. The summed E-state index contributed by atoms with van der Waals surface area (Å²) in [6, 6.07) is 15.8. The van der Waals surface area contributed by atoms with Gasteiger partial charge in [0.25, 0.3) is 0 Å². The first kappa shape index (κ1) is 21.3. The predicted octanol–water partition coefficient (Wildman–Crippen LogP) is 7.01. The van der Waals surface area contributed by atoms with Crippen LogP contribution in [0.2, 0.25) is 0 Å². The van der Waals surface area contributed by atoms with Crippen LogP contribution in [0.1, 0.15) is 49.7 Å². The van der Waals surface area contributed by atoms with Crippen LogP contribution in [0.25, 0.3) is 0 Å². The van der Waals surface area contributed by atoms with E-state index in [1.165, 1.54) is 12.1 Å². The van der Waals surface area contributed by atoms with E-state index in [0.717, 1.165) is 42.7 Å². The Morgan fingerprint density at radius 2 is 1.76 bits per heavy atom. The second-order valence-electron chi connectivity index (χ2n) is 7.70. The van der Waals surface area contributed by atoms with Crippen LogP contribution >= 0.6 is 0 Å². The van der Waals surface area contributed by atoms with E-state index in [1.54, 1.807) is 12.1 Å². The average Bonchev–Trinajstić information content (AvgIpc) is 2.69. The topological polar surface area (TPSA) is 21.3 Å². The highest BCUT2D eigenvalue weighted by Gasteiger charge is 2.34. The van der Waals surface area contributed by atoms with Crippen LogP contribution < -0.4 is 5.32 Å². The van der Waals surface area contributed by atoms with E-state index in [4.69, 9.17) is 4.74 Å². The van der Waals surface area contributed by atoms with Crippen molar-refractivity contribution in [1.82, 2.24) is 0 Å². The van der Waals surface area contributed by atoms with Gasteiger partial charge in [0.05, 0.1) is 17.9 Å². The maximum absolute atomic E-state index is 13.0. The minimum Gasteiger partial charge on any atom is -0.499 e. The Kier molecular flexibility index (Phi) is 6.88. The standard InChI is InChI=1S/C24H28F3NO/c1-3-29-17(2)15-18-9-14-23(28-21-7-5-4-6-8-21)22(16-18)19-10-12-20(13-11-19)24(25,26)27/h4-8,10-13,18,22-23,28H,2-3,9,14-16H2,1H3/t18-,22?,23-/m1/s1. The molecule has 3 atom stereocenters. The number of halogens is 3. The summed E-state index contributed by atoms with van der Waals surface area (Å²) < 4.78 is 44.4. The van der Waals surface area contributed by atoms with Crippen LogP contribution in [0, 0.1) is 5.92 Å². The number of allylic oxidation sites excluding steroid dienone is 1. The molecule has 0 amide bonds. The molecule has 29 heavy (non-hydrogen) atoms. The summed E-state index contributed by atoms with van der Waals surface area (Å²) in [4.78, 5) is 0. The first-order chi connectivity index (χ1) is 13.9. The van der Waals surface area contributed by atoms with Crippen LogP contribution in [0.3, 0.4) is 0 Å². The molecule has 5 heteroatoms. The van der Waals surface area contributed by atoms with E-state index in [0.29, 0.717) is 12.5 Å². The van der Waals surface area contributed by atoms with Crippen molar-refractivity contribution in [2.24, 2.45) is 5.92 Å². The third-order valence-electron chi connectivity index (χ3n) is 5.62. The van der Waals surface area contributed by atoms with Crippen LogP contribution in [0.15, 0.2) is 66.9 Å². The van der Waals surface area contributed by atoms with Gasteiger partial charge in [0.1, 0.15) is 0 Å². The van der Waals surface area contributed by atoms with Crippen LogP contribution in [-0.2, 0) is 10.9 Å². The molecule has 3 rings (SSSR count). The number of rotatable bonds is 7. The lowest BCUT2D eigenvalue weighted by molar-refractivity contribution is -0.137. The third kappa shape index (κ3) is 5.78. The van der Waals surface area contributed by atoms with Crippen molar-refractivity contribution < 1.29 is 17.9 Å². The minimum atomic E-state index is -4.31. The van der Waals surface area contributed by atoms with Gasteiger partial charge in [-0.05, 0) is 61.9 Å². The Labute approximate surface area is 170 Å². The van der Waals surface area contributed by atoms with Crippen molar-refractivity contribution in [3.63, 3.8) is 0 Å². The molecule has 0 bridgehead atoms. The summed E-state index contributed by atoms with van der Waals surface area (Å²) >= 11 is 0. The van der Waals surface area contributed by atoms with Crippen LogP contribution in [0.5, 0.6) is 0 Å². The number of alkyl halides is 3. The van der Waals surface area contributed by atoms with Crippen molar-refractivity contribution in [2.45, 2.75) is 50.7 Å².